The number of hydrogen-bond donors (Lipinski definition) is 2. The Morgan fingerprint density at radius 3 is 1.33 bits per heavy atom. The van der Waals surface area contributed by atoms with Crippen molar-refractivity contribution in [1.82, 2.24) is 9.80 Å². The van der Waals surface area contributed by atoms with E-state index >= 15 is 0 Å². The Labute approximate surface area is 243 Å². The van der Waals surface area contributed by atoms with Crippen LogP contribution < -0.4 is 0 Å². The van der Waals surface area contributed by atoms with Crippen LogP contribution in [-0.2, 0) is 19.1 Å². The van der Waals surface area contributed by atoms with E-state index < -0.39 is 36.5 Å². The maximum Gasteiger partial charge on any atom is 0.254 e. The third kappa shape index (κ3) is 3.32. The second-order valence-electron chi connectivity index (χ2n) is 11.9. The fraction of sp³-hybridized carbons (Fsp3) is 0.353. The van der Waals surface area contributed by atoms with Crippen molar-refractivity contribution >= 4 is 23.0 Å². The molecule has 2 amide bonds. The molecule has 0 bridgehead atoms. The number of allylic oxidation sites excluding steroid dienone is 2. The largest absolute Gasteiger partial charge is 0.386 e. The van der Waals surface area contributed by atoms with E-state index in [-0.39, 0.29) is 11.8 Å². The second-order valence-corrected chi connectivity index (χ2v) is 11.9. The van der Waals surface area contributed by atoms with Crippen LogP contribution in [0.3, 0.4) is 0 Å². The van der Waals surface area contributed by atoms with Gasteiger partial charge in [0.05, 0.1) is 12.1 Å². The first-order valence-corrected chi connectivity index (χ1v) is 14.5. The molecule has 214 valence electrons. The Bertz CT molecular complexity index is 1530. The molecule has 4 heterocycles. The van der Waals surface area contributed by atoms with Gasteiger partial charge in [-0.1, -0.05) is 60.7 Å². The van der Waals surface area contributed by atoms with Crippen LogP contribution in [0.25, 0.3) is 11.1 Å². The van der Waals surface area contributed by atoms with Gasteiger partial charge in [-0.05, 0) is 68.6 Å². The molecular formula is C34H32N2O6. The minimum absolute atomic E-state index is 0.107. The smallest absolute Gasteiger partial charge is 0.254 e. The Morgan fingerprint density at radius 2 is 0.976 bits per heavy atom. The zero-order valence-electron chi connectivity index (χ0n) is 23.5. The van der Waals surface area contributed by atoms with Crippen LogP contribution in [-0.4, -0.2) is 95.6 Å². The van der Waals surface area contributed by atoms with Gasteiger partial charge >= 0.3 is 0 Å². The molecule has 42 heavy (non-hydrogen) atoms. The van der Waals surface area contributed by atoms with E-state index in [0.29, 0.717) is 25.9 Å². The predicted octanol–water partition coefficient (Wildman–Crippen LogP) is 2.50. The van der Waals surface area contributed by atoms with Crippen LogP contribution in [0.5, 0.6) is 0 Å². The van der Waals surface area contributed by atoms with Gasteiger partial charge in [-0.15, -0.1) is 0 Å². The van der Waals surface area contributed by atoms with Gasteiger partial charge in [0.25, 0.3) is 11.8 Å². The van der Waals surface area contributed by atoms with E-state index in [0.717, 1.165) is 44.6 Å². The van der Waals surface area contributed by atoms with Crippen molar-refractivity contribution in [3.63, 3.8) is 0 Å². The quantitative estimate of drug-likeness (QED) is 0.542. The molecule has 0 aromatic heterocycles. The number of rotatable bonds is 5. The summed E-state index contributed by atoms with van der Waals surface area (Å²) in [5, 5.41) is 23.3. The van der Waals surface area contributed by atoms with Crippen molar-refractivity contribution in [1.29, 1.82) is 0 Å². The summed E-state index contributed by atoms with van der Waals surface area (Å²) < 4.78 is 11.0. The fourth-order valence-electron chi connectivity index (χ4n) is 7.97. The summed E-state index contributed by atoms with van der Waals surface area (Å²) in [5.74, 6) is -0.214. The molecule has 2 aliphatic carbocycles. The van der Waals surface area contributed by atoms with Crippen molar-refractivity contribution in [3.8, 4) is 0 Å². The summed E-state index contributed by atoms with van der Waals surface area (Å²) in [6.45, 7) is 0.838. The number of β-lactam (4-membered cyclic amide) rings is 2. The minimum atomic E-state index is -0.859. The highest BCUT2D eigenvalue weighted by molar-refractivity contribution is 5.95. The van der Waals surface area contributed by atoms with Gasteiger partial charge in [0, 0.05) is 27.3 Å². The molecule has 0 radical (unpaired) electrons. The van der Waals surface area contributed by atoms with Crippen molar-refractivity contribution < 1.29 is 29.3 Å². The molecule has 2 saturated heterocycles. The summed E-state index contributed by atoms with van der Waals surface area (Å²) in [6.07, 6.45) is -1.70. The maximum atomic E-state index is 13.0. The number of aliphatic hydroxyl groups excluding tert-OH is 2. The Morgan fingerprint density at radius 1 is 0.595 bits per heavy atom. The van der Waals surface area contributed by atoms with E-state index in [1.54, 1.807) is 9.80 Å². The van der Waals surface area contributed by atoms with E-state index in [9.17, 15) is 19.8 Å². The highest BCUT2D eigenvalue weighted by Gasteiger charge is 2.58. The number of amides is 2. The SMILES string of the molecule is CO[C@H]1C(=O)N2CC3=C(C4=C5CN6C(=O)[C@H](OC)[C@@H]6[C@H](O)C(c6ccccc6)=C5C4)CC3=C(c3ccccc3)[C@@H](O)[C@@H]12. The van der Waals surface area contributed by atoms with Crippen molar-refractivity contribution in [2.24, 2.45) is 0 Å². The highest BCUT2D eigenvalue weighted by Crippen LogP contribution is 2.56. The lowest BCUT2D eigenvalue weighted by Crippen LogP contribution is -2.69. The zero-order chi connectivity index (χ0) is 28.9. The number of carbonyl (C=O) groups is 2. The number of ether oxygens (including phenoxy) is 2. The van der Waals surface area contributed by atoms with Crippen LogP contribution in [0.2, 0.25) is 0 Å². The summed E-state index contributed by atoms with van der Waals surface area (Å²) >= 11 is 0. The first kappa shape index (κ1) is 25.9. The van der Waals surface area contributed by atoms with Gasteiger partial charge in [-0.3, -0.25) is 9.59 Å². The lowest BCUT2D eigenvalue weighted by Gasteiger charge is -2.48. The van der Waals surface area contributed by atoms with Gasteiger partial charge in [0.2, 0.25) is 0 Å². The fourth-order valence-corrected chi connectivity index (χ4v) is 7.97. The summed E-state index contributed by atoms with van der Waals surface area (Å²) in [4.78, 5) is 29.6. The summed E-state index contributed by atoms with van der Waals surface area (Å²) in [7, 11) is 3.04. The van der Waals surface area contributed by atoms with E-state index in [1.165, 1.54) is 25.4 Å². The summed E-state index contributed by atoms with van der Waals surface area (Å²) in [6, 6.07) is 18.9. The first-order chi connectivity index (χ1) is 20.4. The zero-order valence-corrected chi connectivity index (χ0v) is 23.5. The van der Waals surface area contributed by atoms with Crippen LogP contribution in [0.1, 0.15) is 24.0 Å². The van der Waals surface area contributed by atoms with Gasteiger partial charge in [-0.25, -0.2) is 0 Å². The Balaban J connectivity index is 1.28. The van der Waals surface area contributed by atoms with Crippen molar-refractivity contribution in [2.45, 2.75) is 49.3 Å². The van der Waals surface area contributed by atoms with E-state index in [4.69, 9.17) is 9.47 Å². The highest BCUT2D eigenvalue weighted by atomic mass is 16.5. The number of methoxy groups -OCH3 is 2. The molecule has 2 aromatic rings. The molecule has 8 heteroatoms. The van der Waals surface area contributed by atoms with Crippen molar-refractivity contribution in [3.05, 3.63) is 105 Å². The molecule has 2 aromatic carbocycles. The van der Waals surface area contributed by atoms with Crippen LogP contribution >= 0.6 is 0 Å². The second kappa shape index (κ2) is 9.34. The molecule has 0 unspecified atom stereocenters. The summed E-state index contributed by atoms with van der Waals surface area (Å²) in [5.41, 5.74) is 10.3. The maximum absolute atomic E-state index is 13.0. The van der Waals surface area contributed by atoms with Gasteiger partial charge in [-0.2, -0.15) is 0 Å². The lowest BCUT2D eigenvalue weighted by atomic mass is 9.66. The van der Waals surface area contributed by atoms with Crippen LogP contribution in [0.4, 0.5) is 0 Å². The van der Waals surface area contributed by atoms with Crippen LogP contribution in [0.15, 0.2) is 94.1 Å². The average molecular weight is 565 g/mol. The third-order valence-corrected chi connectivity index (χ3v) is 10.1. The first-order valence-electron chi connectivity index (χ1n) is 14.5. The predicted molar refractivity (Wildman–Crippen MR) is 155 cm³/mol. The van der Waals surface area contributed by atoms with Crippen LogP contribution in [0, 0.1) is 0 Å². The average Bonchev–Trinajstić information content (AvgIpc) is 3.12. The number of nitrogens with zero attached hydrogens (tertiary/aromatic N) is 2. The number of aliphatic hydroxyl groups is 2. The number of hydrogen-bond acceptors (Lipinski definition) is 6. The van der Waals surface area contributed by atoms with E-state index in [1.807, 2.05) is 60.7 Å². The molecule has 6 aliphatic rings. The van der Waals surface area contributed by atoms with Gasteiger partial charge < -0.3 is 29.5 Å². The number of benzene rings is 2. The molecule has 6 atom stereocenters. The number of fused-ring (bicyclic) bond motifs is 4. The normalized spacial score (nSPS) is 31.7. The van der Waals surface area contributed by atoms with Crippen molar-refractivity contribution in [2.75, 3.05) is 27.3 Å². The third-order valence-electron chi connectivity index (χ3n) is 10.1. The molecule has 8 nitrogen and oxygen atoms in total. The van der Waals surface area contributed by atoms with E-state index in [2.05, 4.69) is 0 Å². The lowest BCUT2D eigenvalue weighted by molar-refractivity contribution is -0.176. The topological polar surface area (TPSA) is 99.5 Å². The molecule has 4 aliphatic heterocycles. The molecular weight excluding hydrogens is 532 g/mol. The Hall–Kier alpha value is -3.82. The molecule has 0 saturated carbocycles. The molecule has 0 spiro atoms. The molecule has 8 rings (SSSR count). The standard InChI is InChI=1S/C34H32N2O6/c1-41-31-27-29(37)25(17-9-5-3-6-10-17)21-13-19(23(21)15-35(27)33(31)39)20-14-22-24(20)16-36-28(32(42-2)34(36)40)30(38)26(22)18-11-7-4-8-12-18/h3-12,27-32,37-38H,13-16H2,1-2H3/t27-,28-,29+,30+,31+,32+/m0/s1. The molecule has 2 N–H and O–H groups in total. The van der Waals surface area contributed by atoms with Gasteiger partial charge in [0.15, 0.2) is 12.2 Å². The molecule has 2 fully saturated rings. The van der Waals surface area contributed by atoms with Gasteiger partial charge in [0.1, 0.15) is 12.2 Å². The minimum Gasteiger partial charge on any atom is -0.386 e. The Kier molecular flexibility index (Phi) is 5.75. The monoisotopic (exact) mass is 564 g/mol. The number of carbonyl (C=O) groups excluding carboxylic acids is 2.